The summed E-state index contributed by atoms with van der Waals surface area (Å²) in [6.07, 6.45) is 1.67. The van der Waals surface area contributed by atoms with Gasteiger partial charge in [-0.15, -0.1) is 0 Å². The van der Waals surface area contributed by atoms with Crippen LogP contribution in [0, 0.1) is 0 Å². The van der Waals surface area contributed by atoms with Crippen LogP contribution in [0.4, 0.5) is 0 Å². The van der Waals surface area contributed by atoms with Crippen molar-refractivity contribution in [3.8, 4) is 5.75 Å². The van der Waals surface area contributed by atoms with Crippen molar-refractivity contribution in [1.82, 2.24) is 9.97 Å². The van der Waals surface area contributed by atoms with E-state index in [0.717, 1.165) is 10.0 Å². The van der Waals surface area contributed by atoms with Gasteiger partial charge in [0.05, 0.1) is 40.2 Å². The number of aromatic nitrogens is 2. The largest absolute Gasteiger partial charge is 0.496 e. The lowest BCUT2D eigenvalue weighted by molar-refractivity contribution is 0.0601. The Morgan fingerprint density at radius 2 is 2.00 bits per heavy atom. The Morgan fingerprint density at radius 1 is 1.22 bits per heavy atom. The van der Waals surface area contributed by atoms with Crippen LogP contribution in [-0.4, -0.2) is 30.2 Å². The van der Waals surface area contributed by atoms with Gasteiger partial charge in [-0.25, -0.2) is 9.78 Å². The Balaban J connectivity index is 2.06. The number of benzene rings is 2. The fourth-order valence-electron chi connectivity index (χ4n) is 2.48. The van der Waals surface area contributed by atoms with Gasteiger partial charge < -0.3 is 14.5 Å². The molecule has 0 unspecified atom stereocenters. The van der Waals surface area contributed by atoms with Crippen LogP contribution >= 0.6 is 27.5 Å². The highest BCUT2D eigenvalue weighted by molar-refractivity contribution is 9.10. The summed E-state index contributed by atoms with van der Waals surface area (Å²) in [5.74, 6) is 0.379. The second kappa shape index (κ2) is 7.94. The van der Waals surface area contributed by atoms with Crippen LogP contribution in [0.1, 0.15) is 21.7 Å². The van der Waals surface area contributed by atoms with E-state index in [1.54, 1.807) is 19.3 Å². The summed E-state index contributed by atoms with van der Waals surface area (Å²) < 4.78 is 10.7. The number of esters is 1. The number of nitrogens with zero attached hydrogens (tertiary/aromatic N) is 1. The molecule has 0 saturated heterocycles. The molecule has 0 spiro atoms. The van der Waals surface area contributed by atoms with Gasteiger partial charge in [0.25, 0.3) is 5.56 Å². The minimum absolute atomic E-state index is 0.197. The summed E-state index contributed by atoms with van der Waals surface area (Å²) in [5, 5.41) is 0.595. The Hall–Kier alpha value is -2.64. The predicted octanol–water partition coefficient (Wildman–Crippen LogP) is 4.22. The third-order valence-electron chi connectivity index (χ3n) is 3.82. The molecule has 27 heavy (non-hydrogen) atoms. The second-order valence-corrected chi connectivity index (χ2v) is 6.79. The summed E-state index contributed by atoms with van der Waals surface area (Å²) in [6, 6.07) is 9.97. The molecule has 0 aliphatic heterocycles. The highest BCUT2D eigenvalue weighted by Crippen LogP contribution is 2.28. The zero-order valence-electron chi connectivity index (χ0n) is 14.4. The van der Waals surface area contributed by atoms with Crippen molar-refractivity contribution >= 4 is 55.5 Å². The number of fused-ring (bicyclic) bond motifs is 1. The number of carbonyl (C=O) groups excluding carboxylic acids is 1. The quantitative estimate of drug-likeness (QED) is 0.603. The van der Waals surface area contributed by atoms with E-state index in [0.29, 0.717) is 22.2 Å². The topological polar surface area (TPSA) is 81.3 Å². The minimum atomic E-state index is -0.509. The first-order chi connectivity index (χ1) is 12.9. The van der Waals surface area contributed by atoms with E-state index in [2.05, 4.69) is 25.9 Å². The van der Waals surface area contributed by atoms with Gasteiger partial charge >= 0.3 is 5.97 Å². The molecule has 0 aliphatic carbocycles. The van der Waals surface area contributed by atoms with Crippen molar-refractivity contribution in [2.45, 2.75) is 0 Å². The van der Waals surface area contributed by atoms with Gasteiger partial charge in [-0.1, -0.05) is 17.7 Å². The van der Waals surface area contributed by atoms with Crippen molar-refractivity contribution in [2.24, 2.45) is 0 Å². The van der Waals surface area contributed by atoms with Crippen LogP contribution in [0.5, 0.6) is 5.75 Å². The molecule has 3 aromatic rings. The van der Waals surface area contributed by atoms with Crippen LogP contribution in [0.25, 0.3) is 22.0 Å². The molecular weight excluding hydrogens is 436 g/mol. The lowest BCUT2D eigenvalue weighted by atomic mass is 10.1. The highest BCUT2D eigenvalue weighted by Gasteiger charge is 2.11. The fraction of sp³-hybridized carbons (Fsp3) is 0.105. The molecule has 6 nitrogen and oxygen atoms in total. The Labute approximate surface area is 167 Å². The van der Waals surface area contributed by atoms with E-state index in [1.807, 2.05) is 12.1 Å². The molecule has 1 heterocycles. The average Bonchev–Trinajstić information content (AvgIpc) is 2.67. The maximum absolute atomic E-state index is 12.3. The first-order valence-electron chi connectivity index (χ1n) is 7.76. The van der Waals surface area contributed by atoms with Crippen LogP contribution in [0.2, 0.25) is 0 Å². The van der Waals surface area contributed by atoms with Crippen LogP contribution in [0.3, 0.4) is 0 Å². The maximum Gasteiger partial charge on any atom is 0.337 e. The molecular formula is C19H14BrClN2O4. The number of rotatable bonds is 4. The molecule has 0 fully saturated rings. The lowest BCUT2D eigenvalue weighted by Crippen LogP contribution is -2.11. The van der Waals surface area contributed by atoms with Gasteiger partial charge in [-0.3, -0.25) is 4.79 Å². The number of ether oxygens (including phenoxy) is 2. The standard InChI is InChI=1S/C19H14BrClN2O4/c1-26-16-6-3-10(7-13(16)20)8-14(21)17-22-15-9-11(19(25)27-2)4-5-12(15)18(24)23-17/h3-9H,1-2H3,(H,22,23,24)/b14-8-. The summed E-state index contributed by atoms with van der Waals surface area (Å²) in [4.78, 5) is 31.0. The van der Waals surface area contributed by atoms with Gasteiger partial charge in [0.2, 0.25) is 0 Å². The molecule has 3 rings (SSSR count). The molecule has 0 bridgehead atoms. The van der Waals surface area contributed by atoms with Crippen molar-refractivity contribution < 1.29 is 14.3 Å². The van der Waals surface area contributed by atoms with E-state index in [9.17, 15) is 9.59 Å². The molecule has 0 atom stereocenters. The molecule has 0 radical (unpaired) electrons. The summed E-state index contributed by atoms with van der Waals surface area (Å²) in [6.45, 7) is 0. The number of halogens is 2. The lowest BCUT2D eigenvalue weighted by Gasteiger charge is -2.06. The molecule has 0 amide bonds. The van der Waals surface area contributed by atoms with E-state index in [4.69, 9.17) is 21.1 Å². The zero-order valence-corrected chi connectivity index (χ0v) is 16.7. The number of nitrogens with one attached hydrogen (secondary N) is 1. The first-order valence-corrected chi connectivity index (χ1v) is 8.93. The van der Waals surface area contributed by atoms with Crippen molar-refractivity contribution in [3.05, 3.63) is 68.2 Å². The van der Waals surface area contributed by atoms with Crippen molar-refractivity contribution in [3.63, 3.8) is 0 Å². The van der Waals surface area contributed by atoms with Gasteiger partial charge in [-0.2, -0.15) is 0 Å². The number of methoxy groups -OCH3 is 2. The second-order valence-electron chi connectivity index (χ2n) is 5.52. The number of hydrogen-bond acceptors (Lipinski definition) is 5. The van der Waals surface area contributed by atoms with Gasteiger partial charge in [0.15, 0.2) is 5.82 Å². The molecule has 1 aromatic heterocycles. The predicted molar refractivity (Wildman–Crippen MR) is 108 cm³/mol. The Morgan fingerprint density at radius 3 is 2.67 bits per heavy atom. The maximum atomic E-state index is 12.3. The van der Waals surface area contributed by atoms with E-state index < -0.39 is 5.97 Å². The minimum Gasteiger partial charge on any atom is -0.496 e. The van der Waals surface area contributed by atoms with E-state index >= 15 is 0 Å². The molecule has 8 heteroatoms. The van der Waals surface area contributed by atoms with Gasteiger partial charge in [-0.05, 0) is 57.9 Å². The van der Waals surface area contributed by atoms with Crippen LogP contribution in [-0.2, 0) is 4.74 Å². The van der Waals surface area contributed by atoms with Crippen molar-refractivity contribution in [1.29, 1.82) is 0 Å². The smallest absolute Gasteiger partial charge is 0.337 e. The number of aromatic amines is 1. The first kappa shape index (κ1) is 19.1. The number of carbonyl (C=O) groups is 1. The van der Waals surface area contributed by atoms with Crippen LogP contribution < -0.4 is 10.3 Å². The normalized spacial score (nSPS) is 11.5. The van der Waals surface area contributed by atoms with E-state index in [1.165, 1.54) is 25.3 Å². The monoisotopic (exact) mass is 448 g/mol. The molecule has 2 aromatic carbocycles. The molecule has 138 valence electrons. The third-order valence-corrected chi connectivity index (χ3v) is 4.73. The van der Waals surface area contributed by atoms with E-state index in [-0.39, 0.29) is 16.4 Å². The van der Waals surface area contributed by atoms with Crippen molar-refractivity contribution in [2.75, 3.05) is 14.2 Å². The summed E-state index contributed by atoms with van der Waals surface area (Å²) >= 11 is 9.77. The molecule has 0 saturated carbocycles. The van der Waals surface area contributed by atoms with Crippen LogP contribution in [0.15, 0.2) is 45.7 Å². The zero-order chi connectivity index (χ0) is 19.6. The number of hydrogen-bond donors (Lipinski definition) is 1. The Bertz CT molecular complexity index is 1120. The van der Waals surface area contributed by atoms with Gasteiger partial charge in [0.1, 0.15) is 5.75 Å². The van der Waals surface area contributed by atoms with Gasteiger partial charge in [0, 0.05) is 0 Å². The molecule has 0 aliphatic rings. The molecule has 1 N–H and O–H groups in total. The average molecular weight is 450 g/mol. The fourth-order valence-corrected chi connectivity index (χ4v) is 3.26. The Kier molecular flexibility index (Phi) is 5.62. The SMILES string of the molecule is COC(=O)c1ccc2c(=O)[nH]c(/C(Cl)=C/c3ccc(OC)c(Br)c3)nc2c1. The summed E-state index contributed by atoms with van der Waals surface area (Å²) in [7, 11) is 2.87. The third kappa shape index (κ3) is 4.04. The summed E-state index contributed by atoms with van der Waals surface area (Å²) in [5.41, 5.74) is 1.08. The highest BCUT2D eigenvalue weighted by atomic mass is 79.9. The number of H-pyrrole nitrogens is 1.